The van der Waals surface area contributed by atoms with E-state index in [2.05, 4.69) is 0 Å². The first-order valence-electron chi connectivity index (χ1n) is 3.45. The molecule has 0 heterocycles. The van der Waals surface area contributed by atoms with E-state index < -0.39 is 4.92 Å². The van der Waals surface area contributed by atoms with Crippen LogP contribution in [0.2, 0.25) is 10.0 Å². The average Bonchev–Trinajstić information content (AvgIpc) is 2.10. The van der Waals surface area contributed by atoms with Crippen molar-refractivity contribution < 1.29 is 4.92 Å². The van der Waals surface area contributed by atoms with Crippen LogP contribution in [0.25, 0.3) is 0 Å². The number of nitrogens with zero attached hydrogens (tertiary/aromatic N) is 1. The van der Waals surface area contributed by atoms with Crippen LogP contribution < -0.4 is 5.73 Å². The predicted molar refractivity (Wildman–Crippen MR) is 59.3 cm³/mol. The Labute approximate surface area is 94.5 Å². The van der Waals surface area contributed by atoms with Gasteiger partial charge in [0.05, 0.1) is 15.0 Å². The molecule has 76 valence electrons. The maximum Gasteiger partial charge on any atom is 0.308 e. The van der Waals surface area contributed by atoms with Crippen molar-refractivity contribution in [3.63, 3.8) is 0 Å². The lowest BCUT2D eigenvalue weighted by atomic mass is 10.3. The minimum absolute atomic E-state index is 0.0505. The summed E-state index contributed by atoms with van der Waals surface area (Å²) in [7, 11) is 0. The highest BCUT2D eigenvalue weighted by atomic mass is 35.5. The maximum absolute atomic E-state index is 10.7. The van der Waals surface area contributed by atoms with Gasteiger partial charge in [-0.05, 0) is 12.3 Å². The van der Waals surface area contributed by atoms with E-state index in [1.807, 2.05) is 0 Å². The number of benzene rings is 1. The SMILES string of the molecule is CSc1c(Cl)cc(Cl)c(N)c1[N+](=O)[O-]. The molecule has 14 heavy (non-hydrogen) atoms. The van der Waals surface area contributed by atoms with Crippen molar-refractivity contribution in [1.82, 2.24) is 0 Å². The van der Waals surface area contributed by atoms with Crippen LogP contribution >= 0.6 is 35.0 Å². The van der Waals surface area contributed by atoms with Crippen molar-refractivity contribution in [3.05, 3.63) is 26.2 Å². The predicted octanol–water partition coefficient (Wildman–Crippen LogP) is 3.21. The molecule has 7 heteroatoms. The Bertz CT molecular complexity index is 398. The highest BCUT2D eigenvalue weighted by molar-refractivity contribution is 7.98. The van der Waals surface area contributed by atoms with Gasteiger partial charge in [-0.2, -0.15) is 0 Å². The quantitative estimate of drug-likeness (QED) is 0.380. The molecule has 0 spiro atoms. The smallest absolute Gasteiger partial charge is 0.308 e. The maximum atomic E-state index is 10.7. The van der Waals surface area contributed by atoms with Crippen LogP contribution in [0.5, 0.6) is 0 Å². The highest BCUT2D eigenvalue weighted by Gasteiger charge is 2.23. The zero-order valence-corrected chi connectivity index (χ0v) is 9.41. The summed E-state index contributed by atoms with van der Waals surface area (Å²) in [6.07, 6.45) is 1.68. The van der Waals surface area contributed by atoms with Crippen molar-refractivity contribution in [3.8, 4) is 0 Å². The van der Waals surface area contributed by atoms with E-state index in [9.17, 15) is 10.1 Å². The lowest BCUT2D eigenvalue weighted by Crippen LogP contribution is -1.99. The summed E-state index contributed by atoms with van der Waals surface area (Å²) in [5.41, 5.74) is 5.21. The summed E-state index contributed by atoms with van der Waals surface area (Å²) in [5.74, 6) is 0. The molecule has 0 radical (unpaired) electrons. The monoisotopic (exact) mass is 252 g/mol. The number of nitrogens with two attached hydrogens (primary N) is 1. The molecule has 0 atom stereocenters. The standard InChI is InChI=1S/C7H6Cl2N2O2S/c1-14-7-4(9)2-3(8)5(10)6(7)11(12)13/h2H,10H2,1H3. The number of thioether (sulfide) groups is 1. The number of hydrogen-bond donors (Lipinski definition) is 1. The molecule has 0 aliphatic heterocycles. The number of anilines is 1. The second-order valence-electron chi connectivity index (χ2n) is 2.39. The molecular weight excluding hydrogens is 247 g/mol. The lowest BCUT2D eigenvalue weighted by Gasteiger charge is -2.06. The summed E-state index contributed by atoms with van der Waals surface area (Å²) in [6, 6.07) is 1.40. The van der Waals surface area contributed by atoms with Gasteiger partial charge in [0.25, 0.3) is 0 Å². The van der Waals surface area contributed by atoms with Crippen LogP contribution in [0, 0.1) is 10.1 Å². The van der Waals surface area contributed by atoms with E-state index in [4.69, 9.17) is 28.9 Å². The Morgan fingerprint density at radius 2 is 2.07 bits per heavy atom. The minimum atomic E-state index is -0.584. The second kappa shape index (κ2) is 4.25. The van der Waals surface area contributed by atoms with Gasteiger partial charge in [0.1, 0.15) is 10.6 Å². The molecule has 0 unspecified atom stereocenters. The Kier molecular flexibility index (Phi) is 3.47. The minimum Gasteiger partial charge on any atom is -0.392 e. The second-order valence-corrected chi connectivity index (χ2v) is 4.02. The van der Waals surface area contributed by atoms with Crippen LogP contribution in [0.1, 0.15) is 0 Å². The summed E-state index contributed by atoms with van der Waals surface area (Å²) in [4.78, 5) is 10.4. The molecule has 0 bridgehead atoms. The van der Waals surface area contributed by atoms with Crippen LogP contribution in [0.15, 0.2) is 11.0 Å². The summed E-state index contributed by atoms with van der Waals surface area (Å²) in [6.45, 7) is 0. The molecule has 0 saturated carbocycles. The molecule has 4 nitrogen and oxygen atoms in total. The number of rotatable bonds is 2. The van der Waals surface area contributed by atoms with Crippen molar-refractivity contribution in [2.75, 3.05) is 12.0 Å². The molecule has 1 rings (SSSR count). The molecule has 0 fully saturated rings. The molecule has 1 aromatic carbocycles. The van der Waals surface area contributed by atoms with E-state index in [0.717, 1.165) is 11.8 Å². The van der Waals surface area contributed by atoms with Crippen LogP contribution in [-0.2, 0) is 0 Å². The first kappa shape index (κ1) is 11.4. The lowest BCUT2D eigenvalue weighted by molar-refractivity contribution is -0.386. The number of nitrogen functional groups attached to an aromatic ring is 1. The van der Waals surface area contributed by atoms with Crippen LogP contribution in [0.4, 0.5) is 11.4 Å². The van der Waals surface area contributed by atoms with Gasteiger partial charge < -0.3 is 5.73 Å². The van der Waals surface area contributed by atoms with E-state index in [1.165, 1.54) is 6.07 Å². The van der Waals surface area contributed by atoms with E-state index in [0.29, 0.717) is 4.90 Å². The molecule has 0 aromatic heterocycles. The summed E-state index contributed by atoms with van der Waals surface area (Å²) >= 11 is 12.6. The van der Waals surface area contributed by atoms with Gasteiger partial charge in [-0.3, -0.25) is 10.1 Å². The Morgan fingerprint density at radius 3 is 2.50 bits per heavy atom. The first-order chi connectivity index (χ1) is 6.49. The summed E-state index contributed by atoms with van der Waals surface area (Å²) < 4.78 is 0. The van der Waals surface area contributed by atoms with Gasteiger partial charge >= 0.3 is 5.69 Å². The molecule has 0 aliphatic carbocycles. The molecule has 1 aromatic rings. The molecular formula is C7H6Cl2N2O2S. The van der Waals surface area contributed by atoms with Gasteiger partial charge in [0.2, 0.25) is 0 Å². The fraction of sp³-hybridized carbons (Fsp3) is 0.143. The van der Waals surface area contributed by atoms with Crippen LogP contribution in [0.3, 0.4) is 0 Å². The van der Waals surface area contributed by atoms with Crippen LogP contribution in [-0.4, -0.2) is 11.2 Å². The van der Waals surface area contributed by atoms with Crippen molar-refractivity contribution >= 4 is 46.3 Å². The number of nitro groups is 1. The Morgan fingerprint density at radius 1 is 1.50 bits per heavy atom. The van der Waals surface area contributed by atoms with Gasteiger partial charge in [-0.15, -0.1) is 11.8 Å². The van der Waals surface area contributed by atoms with E-state index in [1.54, 1.807) is 6.26 Å². The Hall–Kier alpha value is -0.650. The third-order valence-corrected chi connectivity index (χ3v) is 3.13. The van der Waals surface area contributed by atoms with Gasteiger partial charge in [0, 0.05) is 0 Å². The Balaban J connectivity index is 3.56. The number of hydrogen-bond acceptors (Lipinski definition) is 4. The molecule has 0 saturated heterocycles. The largest absolute Gasteiger partial charge is 0.392 e. The summed E-state index contributed by atoms with van der Waals surface area (Å²) in [5, 5.41) is 11.0. The van der Waals surface area contributed by atoms with Gasteiger partial charge in [0.15, 0.2) is 0 Å². The number of halogens is 2. The first-order valence-corrected chi connectivity index (χ1v) is 5.43. The van der Waals surface area contributed by atoms with Crippen molar-refractivity contribution in [1.29, 1.82) is 0 Å². The van der Waals surface area contributed by atoms with Crippen molar-refractivity contribution in [2.24, 2.45) is 0 Å². The zero-order valence-electron chi connectivity index (χ0n) is 7.08. The molecule has 0 amide bonds. The number of nitro benzene ring substituents is 1. The third kappa shape index (κ3) is 1.89. The fourth-order valence-electron chi connectivity index (χ4n) is 0.979. The van der Waals surface area contributed by atoms with Crippen molar-refractivity contribution in [2.45, 2.75) is 4.90 Å². The van der Waals surface area contributed by atoms with Gasteiger partial charge in [-0.1, -0.05) is 23.2 Å². The van der Waals surface area contributed by atoms with Gasteiger partial charge in [-0.25, -0.2) is 0 Å². The normalized spacial score (nSPS) is 10.2. The molecule has 0 aliphatic rings. The fourth-order valence-corrected chi connectivity index (χ4v) is 2.29. The third-order valence-electron chi connectivity index (χ3n) is 1.58. The highest BCUT2D eigenvalue weighted by Crippen LogP contribution is 2.42. The average molecular weight is 253 g/mol. The van der Waals surface area contributed by atoms with E-state index >= 15 is 0 Å². The molecule has 2 N–H and O–H groups in total. The topological polar surface area (TPSA) is 69.2 Å². The van der Waals surface area contributed by atoms with E-state index in [-0.39, 0.29) is 21.4 Å². The zero-order chi connectivity index (χ0) is 10.9.